The molecule has 2 N–H and O–H groups in total. The number of hydrogen-bond donors (Lipinski definition) is 2. The summed E-state index contributed by atoms with van der Waals surface area (Å²) in [5.74, 6) is 0.109. The molecule has 1 aromatic heterocycles. The van der Waals surface area contributed by atoms with E-state index in [1.165, 1.54) is 21.6 Å². The van der Waals surface area contributed by atoms with Gasteiger partial charge in [0.05, 0.1) is 0 Å². The number of amides is 1. The fourth-order valence-corrected chi connectivity index (χ4v) is 3.92. The van der Waals surface area contributed by atoms with Gasteiger partial charge in [0.2, 0.25) is 5.91 Å². The van der Waals surface area contributed by atoms with Crippen LogP contribution in [0.25, 0.3) is 0 Å². The van der Waals surface area contributed by atoms with E-state index in [9.17, 15) is 4.79 Å². The Balaban J connectivity index is 1.47. The first kappa shape index (κ1) is 14.8. The van der Waals surface area contributed by atoms with Crippen molar-refractivity contribution in [2.45, 2.75) is 32.5 Å². The van der Waals surface area contributed by atoms with Crippen molar-refractivity contribution in [3.63, 3.8) is 0 Å². The summed E-state index contributed by atoms with van der Waals surface area (Å²) < 4.78 is 1.09. The third kappa shape index (κ3) is 3.93. The van der Waals surface area contributed by atoms with Crippen LogP contribution in [0.15, 0.2) is 34.1 Å². The second-order valence-electron chi connectivity index (χ2n) is 5.21. The first-order valence-electron chi connectivity index (χ1n) is 7.02. The number of benzene rings is 1. The number of rotatable bonds is 5. The van der Waals surface area contributed by atoms with Crippen LogP contribution in [-0.2, 0) is 30.8 Å². The monoisotopic (exact) mass is 364 g/mol. The van der Waals surface area contributed by atoms with Crippen LogP contribution in [0.1, 0.15) is 28.0 Å². The van der Waals surface area contributed by atoms with E-state index in [0.717, 1.165) is 24.0 Å². The second kappa shape index (κ2) is 6.73. The van der Waals surface area contributed by atoms with E-state index in [2.05, 4.69) is 50.8 Å². The van der Waals surface area contributed by atoms with E-state index in [1.54, 1.807) is 11.3 Å². The fourth-order valence-electron chi connectivity index (χ4n) is 2.47. The molecule has 0 unspecified atom stereocenters. The normalized spacial score (nSPS) is 13.2. The van der Waals surface area contributed by atoms with Gasteiger partial charge in [-0.15, -0.1) is 11.3 Å². The van der Waals surface area contributed by atoms with Gasteiger partial charge in [-0.05, 0) is 45.1 Å². The fraction of sp³-hybridized carbons (Fsp3) is 0.312. The highest BCUT2D eigenvalue weighted by Crippen LogP contribution is 2.21. The molecule has 3 nitrogen and oxygen atoms in total. The number of carbonyl (C=O) groups is 1. The molecule has 1 amide bonds. The molecule has 3 rings (SSSR count). The standard InChI is InChI=1S/C16H17BrN2OS/c17-14-6-15(21-10-14)3-4-16(20)19-7-11-1-2-12-8-18-9-13(12)5-11/h1-2,5-6,10,18H,3-4,7-9H2,(H,19,20). The Morgan fingerprint density at radius 3 is 2.95 bits per heavy atom. The van der Waals surface area contributed by atoms with Crippen molar-refractivity contribution < 1.29 is 4.79 Å². The van der Waals surface area contributed by atoms with E-state index in [1.807, 2.05) is 5.38 Å². The number of hydrogen-bond acceptors (Lipinski definition) is 3. The maximum Gasteiger partial charge on any atom is 0.220 e. The number of aryl methyl sites for hydroxylation is 1. The van der Waals surface area contributed by atoms with Gasteiger partial charge in [0, 0.05) is 40.8 Å². The van der Waals surface area contributed by atoms with Crippen molar-refractivity contribution in [2.75, 3.05) is 0 Å². The molecule has 0 spiro atoms. The Bertz CT molecular complexity index is 653. The van der Waals surface area contributed by atoms with Crippen molar-refractivity contribution in [3.8, 4) is 0 Å². The van der Waals surface area contributed by atoms with E-state index in [-0.39, 0.29) is 5.91 Å². The minimum Gasteiger partial charge on any atom is -0.352 e. The predicted octanol–water partition coefficient (Wildman–Crippen LogP) is 3.36. The second-order valence-corrected chi connectivity index (χ2v) is 7.13. The first-order valence-corrected chi connectivity index (χ1v) is 8.69. The Kier molecular flexibility index (Phi) is 4.73. The number of fused-ring (bicyclic) bond motifs is 1. The Labute approximate surface area is 136 Å². The lowest BCUT2D eigenvalue weighted by Crippen LogP contribution is -2.22. The van der Waals surface area contributed by atoms with Crippen LogP contribution in [-0.4, -0.2) is 5.91 Å². The summed E-state index contributed by atoms with van der Waals surface area (Å²) in [6, 6.07) is 8.51. The summed E-state index contributed by atoms with van der Waals surface area (Å²) in [6.45, 7) is 2.50. The van der Waals surface area contributed by atoms with Crippen LogP contribution in [0.2, 0.25) is 0 Å². The zero-order chi connectivity index (χ0) is 14.7. The van der Waals surface area contributed by atoms with Gasteiger partial charge in [-0.25, -0.2) is 0 Å². The molecular formula is C16H17BrN2OS. The molecule has 0 saturated heterocycles. The molecule has 0 radical (unpaired) electrons. The zero-order valence-corrected chi connectivity index (χ0v) is 14.0. The minimum absolute atomic E-state index is 0.109. The van der Waals surface area contributed by atoms with Gasteiger partial charge in [0.25, 0.3) is 0 Å². The van der Waals surface area contributed by atoms with Gasteiger partial charge in [0.15, 0.2) is 0 Å². The van der Waals surface area contributed by atoms with Gasteiger partial charge in [0.1, 0.15) is 0 Å². The van der Waals surface area contributed by atoms with Gasteiger partial charge in [-0.1, -0.05) is 18.2 Å². The van der Waals surface area contributed by atoms with Crippen LogP contribution in [0.5, 0.6) is 0 Å². The molecule has 0 fully saturated rings. The van der Waals surface area contributed by atoms with Crippen LogP contribution >= 0.6 is 27.3 Å². The third-order valence-electron chi connectivity index (χ3n) is 3.61. The van der Waals surface area contributed by atoms with E-state index < -0.39 is 0 Å². The van der Waals surface area contributed by atoms with E-state index in [0.29, 0.717) is 13.0 Å². The maximum atomic E-state index is 11.9. The van der Waals surface area contributed by atoms with Crippen LogP contribution in [0, 0.1) is 0 Å². The first-order chi connectivity index (χ1) is 10.2. The molecule has 0 saturated carbocycles. The molecule has 110 valence electrons. The average Bonchev–Trinajstić information content (AvgIpc) is 3.10. The number of thiophene rings is 1. The Morgan fingerprint density at radius 2 is 2.14 bits per heavy atom. The van der Waals surface area contributed by atoms with Gasteiger partial charge >= 0.3 is 0 Å². The summed E-state index contributed by atoms with van der Waals surface area (Å²) in [5, 5.41) is 8.38. The van der Waals surface area contributed by atoms with Crippen molar-refractivity contribution in [2.24, 2.45) is 0 Å². The lowest BCUT2D eigenvalue weighted by molar-refractivity contribution is -0.121. The van der Waals surface area contributed by atoms with E-state index >= 15 is 0 Å². The van der Waals surface area contributed by atoms with Crippen molar-refractivity contribution in [1.29, 1.82) is 0 Å². The molecule has 2 heterocycles. The van der Waals surface area contributed by atoms with Crippen LogP contribution in [0.3, 0.4) is 0 Å². The summed E-state index contributed by atoms with van der Waals surface area (Å²) in [7, 11) is 0. The lowest BCUT2D eigenvalue weighted by atomic mass is 10.1. The van der Waals surface area contributed by atoms with E-state index in [4.69, 9.17) is 0 Å². The molecule has 1 aliphatic rings. The number of nitrogens with one attached hydrogen (secondary N) is 2. The molecule has 1 aromatic carbocycles. The number of carbonyl (C=O) groups excluding carboxylic acids is 1. The quantitative estimate of drug-likeness (QED) is 0.853. The molecule has 0 aliphatic carbocycles. The average molecular weight is 365 g/mol. The molecule has 2 aromatic rings. The minimum atomic E-state index is 0.109. The highest BCUT2D eigenvalue weighted by molar-refractivity contribution is 9.10. The topological polar surface area (TPSA) is 41.1 Å². The SMILES string of the molecule is O=C(CCc1cc(Br)cs1)NCc1ccc2c(c1)CNC2. The highest BCUT2D eigenvalue weighted by atomic mass is 79.9. The predicted molar refractivity (Wildman–Crippen MR) is 89.2 cm³/mol. The Morgan fingerprint density at radius 1 is 1.29 bits per heavy atom. The highest BCUT2D eigenvalue weighted by Gasteiger charge is 2.10. The third-order valence-corrected chi connectivity index (χ3v) is 5.37. The summed E-state index contributed by atoms with van der Waals surface area (Å²) in [4.78, 5) is 13.1. The summed E-state index contributed by atoms with van der Waals surface area (Å²) >= 11 is 5.12. The van der Waals surface area contributed by atoms with Gasteiger partial charge in [-0.3, -0.25) is 4.79 Å². The van der Waals surface area contributed by atoms with Crippen molar-refractivity contribution >= 4 is 33.2 Å². The molecule has 5 heteroatoms. The largest absolute Gasteiger partial charge is 0.352 e. The summed E-state index contributed by atoms with van der Waals surface area (Å²) in [5.41, 5.74) is 3.89. The van der Waals surface area contributed by atoms with Crippen LogP contribution < -0.4 is 10.6 Å². The van der Waals surface area contributed by atoms with Gasteiger partial charge < -0.3 is 10.6 Å². The zero-order valence-electron chi connectivity index (χ0n) is 11.6. The Hall–Kier alpha value is -1.17. The van der Waals surface area contributed by atoms with Gasteiger partial charge in [-0.2, -0.15) is 0 Å². The number of halogens is 1. The van der Waals surface area contributed by atoms with Crippen LogP contribution in [0.4, 0.5) is 0 Å². The smallest absolute Gasteiger partial charge is 0.220 e. The maximum absolute atomic E-state index is 11.9. The molecular weight excluding hydrogens is 348 g/mol. The van der Waals surface area contributed by atoms with Crippen molar-refractivity contribution in [1.82, 2.24) is 10.6 Å². The summed E-state index contributed by atoms with van der Waals surface area (Å²) in [6.07, 6.45) is 1.34. The lowest BCUT2D eigenvalue weighted by Gasteiger charge is -2.07. The molecule has 21 heavy (non-hydrogen) atoms. The molecule has 0 bridgehead atoms. The molecule has 1 aliphatic heterocycles. The van der Waals surface area contributed by atoms with Crippen molar-refractivity contribution in [3.05, 3.63) is 55.7 Å². The molecule has 0 atom stereocenters.